The van der Waals surface area contributed by atoms with E-state index in [0.29, 0.717) is 23.5 Å². The Balaban J connectivity index is 3.93. The standard InChI is InChI=1S/C15H34N2/c1-12(2)16-11-9-10-13(3)17(8)14(4)15(5,6)7/h12-14,16H,9-11H2,1-8H3. The summed E-state index contributed by atoms with van der Waals surface area (Å²) in [5, 5.41) is 3.48. The van der Waals surface area contributed by atoms with E-state index in [-0.39, 0.29) is 0 Å². The number of rotatable bonds is 7. The molecule has 0 amide bonds. The summed E-state index contributed by atoms with van der Waals surface area (Å²) in [7, 11) is 2.26. The Morgan fingerprint density at radius 1 is 1.06 bits per heavy atom. The molecule has 0 spiro atoms. The van der Waals surface area contributed by atoms with E-state index in [0.717, 1.165) is 6.54 Å². The number of hydrogen-bond acceptors (Lipinski definition) is 2. The highest BCUT2D eigenvalue weighted by molar-refractivity contribution is 4.80. The van der Waals surface area contributed by atoms with Gasteiger partial charge in [0.25, 0.3) is 0 Å². The van der Waals surface area contributed by atoms with Gasteiger partial charge in [0.15, 0.2) is 0 Å². The van der Waals surface area contributed by atoms with Crippen molar-refractivity contribution in [3.05, 3.63) is 0 Å². The highest BCUT2D eigenvalue weighted by Gasteiger charge is 2.26. The van der Waals surface area contributed by atoms with Gasteiger partial charge in [-0.3, -0.25) is 0 Å². The maximum atomic E-state index is 3.48. The Morgan fingerprint density at radius 2 is 1.59 bits per heavy atom. The van der Waals surface area contributed by atoms with Crippen LogP contribution in [-0.2, 0) is 0 Å². The molecule has 0 saturated carbocycles. The van der Waals surface area contributed by atoms with Crippen molar-refractivity contribution in [3.8, 4) is 0 Å². The summed E-state index contributed by atoms with van der Waals surface area (Å²) in [6, 6.07) is 1.89. The first-order valence-corrected chi connectivity index (χ1v) is 7.11. The molecule has 2 heteroatoms. The van der Waals surface area contributed by atoms with Crippen molar-refractivity contribution in [2.45, 2.75) is 79.4 Å². The summed E-state index contributed by atoms with van der Waals surface area (Å²) in [6.07, 6.45) is 2.54. The Labute approximate surface area is 109 Å². The Kier molecular flexibility index (Phi) is 7.34. The zero-order valence-electron chi connectivity index (χ0n) is 13.3. The molecule has 0 aliphatic heterocycles. The summed E-state index contributed by atoms with van der Waals surface area (Å²) in [5.41, 5.74) is 0.360. The molecule has 2 nitrogen and oxygen atoms in total. The van der Waals surface area contributed by atoms with Crippen LogP contribution in [0.4, 0.5) is 0 Å². The molecule has 104 valence electrons. The normalized spacial score (nSPS) is 16.6. The van der Waals surface area contributed by atoms with Crippen molar-refractivity contribution in [1.29, 1.82) is 0 Å². The quantitative estimate of drug-likeness (QED) is 0.687. The van der Waals surface area contributed by atoms with Crippen LogP contribution in [-0.4, -0.2) is 36.6 Å². The minimum absolute atomic E-state index is 0.360. The molecule has 0 saturated heterocycles. The van der Waals surface area contributed by atoms with E-state index in [1.54, 1.807) is 0 Å². The van der Waals surface area contributed by atoms with Crippen molar-refractivity contribution in [2.75, 3.05) is 13.6 Å². The zero-order chi connectivity index (χ0) is 13.6. The van der Waals surface area contributed by atoms with Crippen molar-refractivity contribution in [3.63, 3.8) is 0 Å². The number of nitrogens with one attached hydrogen (secondary N) is 1. The molecular formula is C15H34N2. The number of hydrogen-bond donors (Lipinski definition) is 1. The Hall–Kier alpha value is -0.0800. The summed E-state index contributed by atoms with van der Waals surface area (Å²) in [4.78, 5) is 2.52. The van der Waals surface area contributed by atoms with Gasteiger partial charge in [0.1, 0.15) is 0 Å². The van der Waals surface area contributed by atoms with Crippen LogP contribution >= 0.6 is 0 Å². The molecule has 0 radical (unpaired) electrons. The van der Waals surface area contributed by atoms with Crippen molar-refractivity contribution in [2.24, 2.45) is 5.41 Å². The van der Waals surface area contributed by atoms with Crippen LogP contribution in [0.2, 0.25) is 0 Å². The summed E-state index contributed by atoms with van der Waals surface area (Å²) < 4.78 is 0. The van der Waals surface area contributed by atoms with E-state index in [4.69, 9.17) is 0 Å². The fourth-order valence-corrected chi connectivity index (χ4v) is 1.98. The topological polar surface area (TPSA) is 15.3 Å². The molecule has 0 aliphatic carbocycles. The van der Waals surface area contributed by atoms with Crippen molar-refractivity contribution >= 4 is 0 Å². The van der Waals surface area contributed by atoms with E-state index in [2.05, 4.69) is 65.7 Å². The highest BCUT2D eigenvalue weighted by atomic mass is 15.2. The first-order valence-electron chi connectivity index (χ1n) is 7.11. The molecule has 1 N–H and O–H groups in total. The van der Waals surface area contributed by atoms with Gasteiger partial charge < -0.3 is 10.2 Å². The average molecular weight is 242 g/mol. The summed E-state index contributed by atoms with van der Waals surface area (Å²) in [6.45, 7) is 17.2. The third-order valence-corrected chi connectivity index (χ3v) is 3.91. The molecular weight excluding hydrogens is 208 g/mol. The zero-order valence-corrected chi connectivity index (χ0v) is 13.3. The molecule has 0 aliphatic rings. The Morgan fingerprint density at radius 3 is 2.00 bits per heavy atom. The molecule has 0 heterocycles. The predicted octanol–water partition coefficient (Wildman–Crippen LogP) is 3.52. The van der Waals surface area contributed by atoms with Crippen LogP contribution in [0.5, 0.6) is 0 Å². The van der Waals surface area contributed by atoms with Gasteiger partial charge in [0.2, 0.25) is 0 Å². The average Bonchev–Trinajstić information content (AvgIpc) is 2.20. The molecule has 2 unspecified atom stereocenters. The Bertz CT molecular complexity index is 194. The van der Waals surface area contributed by atoms with Gasteiger partial charge in [-0.25, -0.2) is 0 Å². The van der Waals surface area contributed by atoms with Gasteiger partial charge >= 0.3 is 0 Å². The lowest BCUT2D eigenvalue weighted by Gasteiger charge is -2.39. The van der Waals surface area contributed by atoms with Crippen LogP contribution in [0, 0.1) is 5.41 Å². The first-order chi connectivity index (χ1) is 7.66. The molecule has 0 rings (SSSR count). The lowest BCUT2D eigenvalue weighted by molar-refractivity contribution is 0.0994. The van der Waals surface area contributed by atoms with Gasteiger partial charge in [-0.1, -0.05) is 34.6 Å². The number of nitrogens with zero attached hydrogens (tertiary/aromatic N) is 1. The second-order valence-corrected chi connectivity index (χ2v) is 6.81. The highest BCUT2D eigenvalue weighted by Crippen LogP contribution is 2.25. The van der Waals surface area contributed by atoms with E-state index in [1.165, 1.54) is 12.8 Å². The van der Waals surface area contributed by atoms with Crippen LogP contribution in [0.1, 0.15) is 61.3 Å². The SMILES string of the molecule is CC(C)NCCCC(C)N(C)C(C)C(C)(C)C. The monoisotopic (exact) mass is 242 g/mol. The molecule has 0 aromatic rings. The first kappa shape index (κ1) is 16.9. The minimum atomic E-state index is 0.360. The molecule has 0 aromatic carbocycles. The third-order valence-electron chi connectivity index (χ3n) is 3.91. The fraction of sp³-hybridized carbons (Fsp3) is 1.00. The van der Waals surface area contributed by atoms with Crippen molar-refractivity contribution < 1.29 is 0 Å². The second-order valence-electron chi connectivity index (χ2n) is 6.81. The maximum absolute atomic E-state index is 3.48. The van der Waals surface area contributed by atoms with Crippen LogP contribution < -0.4 is 5.32 Å². The fourth-order valence-electron chi connectivity index (χ4n) is 1.98. The second kappa shape index (κ2) is 7.38. The minimum Gasteiger partial charge on any atom is -0.315 e. The largest absolute Gasteiger partial charge is 0.315 e. The van der Waals surface area contributed by atoms with Crippen LogP contribution in [0.15, 0.2) is 0 Å². The molecule has 17 heavy (non-hydrogen) atoms. The molecule has 0 fully saturated rings. The summed E-state index contributed by atoms with van der Waals surface area (Å²) in [5.74, 6) is 0. The predicted molar refractivity (Wildman–Crippen MR) is 78.5 cm³/mol. The van der Waals surface area contributed by atoms with E-state index in [9.17, 15) is 0 Å². The van der Waals surface area contributed by atoms with Crippen molar-refractivity contribution in [1.82, 2.24) is 10.2 Å². The van der Waals surface area contributed by atoms with Gasteiger partial charge in [-0.2, -0.15) is 0 Å². The van der Waals surface area contributed by atoms with Gasteiger partial charge in [0.05, 0.1) is 0 Å². The third kappa shape index (κ3) is 7.05. The maximum Gasteiger partial charge on any atom is 0.0115 e. The van der Waals surface area contributed by atoms with E-state index in [1.807, 2.05) is 0 Å². The molecule has 0 bridgehead atoms. The van der Waals surface area contributed by atoms with E-state index >= 15 is 0 Å². The smallest absolute Gasteiger partial charge is 0.0115 e. The van der Waals surface area contributed by atoms with Crippen LogP contribution in [0.3, 0.4) is 0 Å². The lowest BCUT2D eigenvalue weighted by Crippen LogP contribution is -2.44. The summed E-state index contributed by atoms with van der Waals surface area (Å²) >= 11 is 0. The van der Waals surface area contributed by atoms with Crippen LogP contribution in [0.25, 0.3) is 0 Å². The molecule has 0 aromatic heterocycles. The van der Waals surface area contributed by atoms with Gasteiger partial charge in [-0.05, 0) is 45.7 Å². The van der Waals surface area contributed by atoms with Gasteiger partial charge in [-0.15, -0.1) is 0 Å². The lowest BCUT2D eigenvalue weighted by atomic mass is 9.86. The molecule has 2 atom stereocenters. The van der Waals surface area contributed by atoms with Gasteiger partial charge in [0, 0.05) is 18.1 Å². The van der Waals surface area contributed by atoms with E-state index < -0.39 is 0 Å².